The highest BCUT2D eigenvalue weighted by Crippen LogP contribution is 2.16. The molecule has 0 heterocycles. The van der Waals surface area contributed by atoms with Gasteiger partial charge in [0.1, 0.15) is 5.75 Å². The van der Waals surface area contributed by atoms with Gasteiger partial charge in [0.05, 0.1) is 13.2 Å². The summed E-state index contributed by atoms with van der Waals surface area (Å²) < 4.78 is 5.04. The van der Waals surface area contributed by atoms with E-state index in [0.29, 0.717) is 12.5 Å². The minimum Gasteiger partial charge on any atom is -0.497 e. The Kier molecular flexibility index (Phi) is 6.15. The van der Waals surface area contributed by atoms with Crippen LogP contribution in [-0.2, 0) is 0 Å². The Morgan fingerprint density at radius 2 is 1.79 bits per heavy atom. The number of amides is 2. The fourth-order valence-corrected chi connectivity index (χ4v) is 1.49. The molecule has 0 saturated heterocycles. The zero-order chi connectivity index (χ0) is 14.3. The lowest BCUT2D eigenvalue weighted by Gasteiger charge is -2.14. The van der Waals surface area contributed by atoms with Gasteiger partial charge in [-0.25, -0.2) is 4.79 Å². The van der Waals surface area contributed by atoms with Gasteiger partial charge in [-0.15, -0.1) is 0 Å². The Hall–Kier alpha value is -1.75. The van der Waals surface area contributed by atoms with Gasteiger partial charge < -0.3 is 20.5 Å². The van der Waals surface area contributed by atoms with Crippen LogP contribution in [0.3, 0.4) is 0 Å². The van der Waals surface area contributed by atoms with E-state index in [0.717, 1.165) is 11.3 Å². The van der Waals surface area contributed by atoms with Crippen LogP contribution in [0.25, 0.3) is 0 Å². The Labute approximate surface area is 114 Å². The van der Waals surface area contributed by atoms with Crippen LogP contribution in [0.2, 0.25) is 0 Å². The van der Waals surface area contributed by atoms with Crippen molar-refractivity contribution >= 4 is 6.03 Å². The number of urea groups is 1. The molecule has 2 amide bonds. The summed E-state index contributed by atoms with van der Waals surface area (Å²) in [5.41, 5.74) is 0.741. The Bertz CT molecular complexity index is 390. The number of aliphatic hydroxyl groups is 1. The van der Waals surface area contributed by atoms with Gasteiger partial charge in [0.15, 0.2) is 0 Å². The number of carbonyl (C=O) groups excluding carboxylic acids is 1. The standard InChI is InChI=1S/C14H22N2O3/c1-10(2)8-15-14(18)16-9-13(17)11-4-6-12(19-3)7-5-11/h4-7,10,13,17H,8-9H2,1-3H3,(H2,15,16,18). The molecule has 0 fully saturated rings. The van der Waals surface area contributed by atoms with Crippen LogP contribution < -0.4 is 15.4 Å². The number of hydrogen-bond donors (Lipinski definition) is 3. The van der Waals surface area contributed by atoms with Crippen LogP contribution in [0.1, 0.15) is 25.5 Å². The first kappa shape index (κ1) is 15.3. The van der Waals surface area contributed by atoms with Crippen molar-refractivity contribution in [2.24, 2.45) is 5.92 Å². The van der Waals surface area contributed by atoms with Crippen molar-refractivity contribution in [3.05, 3.63) is 29.8 Å². The fourth-order valence-electron chi connectivity index (χ4n) is 1.49. The molecule has 3 N–H and O–H groups in total. The molecule has 0 radical (unpaired) electrons. The number of carbonyl (C=O) groups is 1. The van der Waals surface area contributed by atoms with E-state index in [9.17, 15) is 9.90 Å². The molecule has 0 aliphatic rings. The number of hydrogen-bond acceptors (Lipinski definition) is 3. The van der Waals surface area contributed by atoms with Crippen molar-refractivity contribution in [2.75, 3.05) is 20.2 Å². The van der Waals surface area contributed by atoms with Gasteiger partial charge in [-0.2, -0.15) is 0 Å². The molecule has 1 atom stereocenters. The molecule has 19 heavy (non-hydrogen) atoms. The van der Waals surface area contributed by atoms with Crippen LogP contribution in [0.15, 0.2) is 24.3 Å². The van der Waals surface area contributed by atoms with Crippen molar-refractivity contribution in [1.29, 1.82) is 0 Å². The summed E-state index contributed by atoms with van der Waals surface area (Å²) in [4.78, 5) is 11.4. The Balaban J connectivity index is 2.37. The van der Waals surface area contributed by atoms with Crippen LogP contribution in [0.4, 0.5) is 4.79 Å². The highest BCUT2D eigenvalue weighted by molar-refractivity contribution is 5.73. The maximum atomic E-state index is 11.4. The molecule has 1 unspecified atom stereocenters. The predicted octanol–water partition coefficient (Wildman–Crippen LogP) is 1.68. The van der Waals surface area contributed by atoms with Crippen LogP contribution in [0, 0.1) is 5.92 Å². The van der Waals surface area contributed by atoms with E-state index in [1.54, 1.807) is 31.4 Å². The topological polar surface area (TPSA) is 70.6 Å². The number of nitrogens with one attached hydrogen (secondary N) is 2. The van der Waals surface area contributed by atoms with Crippen molar-refractivity contribution in [3.8, 4) is 5.75 Å². The molecular weight excluding hydrogens is 244 g/mol. The van der Waals surface area contributed by atoms with Gasteiger partial charge in [0.2, 0.25) is 0 Å². The normalized spacial score (nSPS) is 12.1. The number of ether oxygens (including phenoxy) is 1. The molecule has 0 aliphatic heterocycles. The molecular formula is C14H22N2O3. The second-order valence-electron chi connectivity index (χ2n) is 4.77. The lowest BCUT2D eigenvalue weighted by Crippen LogP contribution is -2.39. The maximum Gasteiger partial charge on any atom is 0.314 e. The highest BCUT2D eigenvalue weighted by atomic mass is 16.5. The third-order valence-electron chi connectivity index (χ3n) is 2.63. The van der Waals surface area contributed by atoms with Gasteiger partial charge in [0.25, 0.3) is 0 Å². The van der Waals surface area contributed by atoms with Crippen LogP contribution in [-0.4, -0.2) is 31.3 Å². The average molecular weight is 266 g/mol. The first-order valence-electron chi connectivity index (χ1n) is 6.36. The molecule has 0 aromatic heterocycles. The molecule has 1 aromatic rings. The largest absolute Gasteiger partial charge is 0.497 e. The molecule has 1 aromatic carbocycles. The molecule has 1 rings (SSSR count). The van der Waals surface area contributed by atoms with Crippen molar-refractivity contribution < 1.29 is 14.6 Å². The summed E-state index contributed by atoms with van der Waals surface area (Å²) in [7, 11) is 1.59. The molecule has 0 bridgehead atoms. The first-order chi connectivity index (χ1) is 9.02. The minimum atomic E-state index is -0.726. The van der Waals surface area contributed by atoms with Gasteiger partial charge in [0, 0.05) is 13.1 Å². The van der Waals surface area contributed by atoms with Crippen molar-refractivity contribution in [1.82, 2.24) is 10.6 Å². The molecule has 0 saturated carbocycles. The quantitative estimate of drug-likeness (QED) is 0.733. The van der Waals surface area contributed by atoms with Crippen molar-refractivity contribution in [3.63, 3.8) is 0 Å². The highest BCUT2D eigenvalue weighted by Gasteiger charge is 2.09. The molecule has 106 valence electrons. The second kappa shape index (κ2) is 7.63. The second-order valence-corrected chi connectivity index (χ2v) is 4.77. The number of rotatable bonds is 6. The summed E-state index contributed by atoms with van der Waals surface area (Å²) >= 11 is 0. The average Bonchev–Trinajstić information content (AvgIpc) is 2.42. The summed E-state index contributed by atoms with van der Waals surface area (Å²) in [5, 5.41) is 15.3. The Morgan fingerprint density at radius 3 is 2.32 bits per heavy atom. The summed E-state index contributed by atoms with van der Waals surface area (Å²) in [6.07, 6.45) is -0.726. The monoisotopic (exact) mass is 266 g/mol. The van der Waals surface area contributed by atoms with Crippen LogP contribution in [0.5, 0.6) is 5.75 Å². The minimum absolute atomic E-state index is 0.177. The van der Waals surface area contributed by atoms with Gasteiger partial charge in [-0.05, 0) is 23.6 Å². The SMILES string of the molecule is COc1ccc(C(O)CNC(=O)NCC(C)C)cc1. The van der Waals surface area contributed by atoms with E-state index in [4.69, 9.17) is 4.74 Å². The number of benzene rings is 1. The smallest absolute Gasteiger partial charge is 0.314 e. The third-order valence-corrected chi connectivity index (χ3v) is 2.63. The number of aliphatic hydroxyl groups excluding tert-OH is 1. The first-order valence-corrected chi connectivity index (χ1v) is 6.36. The van der Waals surface area contributed by atoms with E-state index in [1.165, 1.54) is 0 Å². The lowest BCUT2D eigenvalue weighted by atomic mass is 10.1. The van der Waals surface area contributed by atoms with Gasteiger partial charge in [-0.3, -0.25) is 0 Å². The molecule has 5 heteroatoms. The predicted molar refractivity (Wildman–Crippen MR) is 74.2 cm³/mol. The van der Waals surface area contributed by atoms with E-state index in [2.05, 4.69) is 10.6 Å². The molecule has 5 nitrogen and oxygen atoms in total. The summed E-state index contributed by atoms with van der Waals surface area (Å²) in [6, 6.07) is 6.84. The maximum absolute atomic E-state index is 11.4. The Morgan fingerprint density at radius 1 is 1.21 bits per heavy atom. The third kappa shape index (κ3) is 5.61. The van der Waals surface area contributed by atoms with E-state index < -0.39 is 6.10 Å². The van der Waals surface area contributed by atoms with Gasteiger partial charge >= 0.3 is 6.03 Å². The summed E-state index contributed by atoms with van der Waals surface area (Å²) in [6.45, 7) is 4.83. The van der Waals surface area contributed by atoms with E-state index in [-0.39, 0.29) is 12.6 Å². The fraction of sp³-hybridized carbons (Fsp3) is 0.500. The van der Waals surface area contributed by atoms with Gasteiger partial charge in [-0.1, -0.05) is 26.0 Å². The van der Waals surface area contributed by atoms with Crippen LogP contribution >= 0.6 is 0 Å². The van der Waals surface area contributed by atoms with Crippen molar-refractivity contribution in [2.45, 2.75) is 20.0 Å². The molecule has 0 aliphatic carbocycles. The zero-order valence-corrected chi connectivity index (χ0v) is 11.6. The number of methoxy groups -OCH3 is 1. The van der Waals surface area contributed by atoms with E-state index >= 15 is 0 Å². The summed E-state index contributed by atoms with van der Waals surface area (Å²) in [5.74, 6) is 1.14. The van der Waals surface area contributed by atoms with E-state index in [1.807, 2.05) is 13.8 Å². The lowest BCUT2D eigenvalue weighted by molar-refractivity contribution is 0.173. The zero-order valence-electron chi connectivity index (χ0n) is 11.6. The molecule has 0 spiro atoms.